The van der Waals surface area contributed by atoms with Crippen LogP contribution < -0.4 is 0 Å². The molecule has 1 nitrogen and oxygen atoms in total. The molecular weight excluding hydrogens is 206 g/mol. The molecule has 17 heavy (non-hydrogen) atoms. The van der Waals surface area contributed by atoms with Crippen LogP contribution in [0.1, 0.15) is 38.2 Å². The fourth-order valence-corrected chi connectivity index (χ4v) is 2.87. The zero-order valence-electron chi connectivity index (χ0n) is 10.8. The predicted molar refractivity (Wildman–Crippen MR) is 73.9 cm³/mol. The Morgan fingerprint density at radius 1 is 1.29 bits per heavy atom. The van der Waals surface area contributed by atoms with Gasteiger partial charge in [-0.15, -0.1) is 6.58 Å². The summed E-state index contributed by atoms with van der Waals surface area (Å²) in [4.78, 5) is 2.65. The minimum absolute atomic E-state index is 0.691. The van der Waals surface area contributed by atoms with Crippen LogP contribution in [0, 0.1) is 0 Å². The fourth-order valence-electron chi connectivity index (χ4n) is 2.87. The van der Waals surface area contributed by atoms with E-state index in [2.05, 4.69) is 54.8 Å². The first kappa shape index (κ1) is 12.4. The molecule has 0 amide bonds. The topological polar surface area (TPSA) is 3.24 Å². The smallest absolute Gasteiger partial charge is 0.0239 e. The number of hydrogen-bond acceptors (Lipinski definition) is 1. The number of benzene rings is 1. The van der Waals surface area contributed by atoms with Gasteiger partial charge in [0.15, 0.2) is 0 Å². The highest BCUT2D eigenvalue weighted by Crippen LogP contribution is 2.26. The highest BCUT2D eigenvalue weighted by Gasteiger charge is 2.26. The zero-order valence-corrected chi connectivity index (χ0v) is 10.8. The van der Waals surface area contributed by atoms with Crippen LogP contribution in [-0.2, 0) is 6.54 Å². The maximum Gasteiger partial charge on any atom is 0.0239 e. The van der Waals surface area contributed by atoms with Crippen LogP contribution >= 0.6 is 0 Å². The fraction of sp³-hybridized carbons (Fsp3) is 0.500. The molecule has 1 heterocycles. The van der Waals surface area contributed by atoms with Crippen LogP contribution in [-0.4, -0.2) is 17.0 Å². The second-order valence-electron chi connectivity index (χ2n) is 5.12. The summed E-state index contributed by atoms with van der Waals surface area (Å²) < 4.78 is 0. The second kappa shape index (κ2) is 6.02. The summed E-state index contributed by atoms with van der Waals surface area (Å²) in [6.45, 7) is 7.34. The van der Waals surface area contributed by atoms with E-state index in [9.17, 15) is 0 Å². The number of hydrogen-bond donors (Lipinski definition) is 0. The highest BCUT2D eigenvalue weighted by atomic mass is 15.2. The van der Waals surface area contributed by atoms with Gasteiger partial charge >= 0.3 is 0 Å². The van der Waals surface area contributed by atoms with Crippen molar-refractivity contribution in [3.8, 4) is 0 Å². The average molecular weight is 229 g/mol. The molecule has 1 aromatic rings. The van der Waals surface area contributed by atoms with E-state index >= 15 is 0 Å². The minimum atomic E-state index is 0.691. The zero-order chi connectivity index (χ0) is 12.1. The lowest BCUT2D eigenvalue weighted by Crippen LogP contribution is -2.44. The van der Waals surface area contributed by atoms with E-state index in [-0.39, 0.29) is 0 Å². The number of likely N-dealkylation sites (tertiary alicyclic amines) is 1. The molecule has 0 radical (unpaired) electrons. The Labute approximate surface area is 105 Å². The molecule has 1 saturated heterocycles. The molecule has 0 N–H and O–H groups in total. The molecule has 1 aliphatic heterocycles. The van der Waals surface area contributed by atoms with Crippen LogP contribution in [0.15, 0.2) is 43.0 Å². The summed E-state index contributed by atoms with van der Waals surface area (Å²) >= 11 is 0. The van der Waals surface area contributed by atoms with Crippen molar-refractivity contribution in [1.29, 1.82) is 0 Å². The standard InChI is InChI=1S/C16H23N/c1-3-8-16-12-7-9-14(2)17(16)13-15-10-5-4-6-11-15/h3-6,10-11,14,16H,1,7-9,12-13H2,2H3/t14-,16-/m1/s1. The first-order valence-electron chi connectivity index (χ1n) is 6.72. The molecule has 0 spiro atoms. The molecule has 1 fully saturated rings. The van der Waals surface area contributed by atoms with E-state index in [0.29, 0.717) is 12.1 Å². The predicted octanol–water partition coefficient (Wildman–Crippen LogP) is 4.01. The molecule has 0 bridgehead atoms. The van der Waals surface area contributed by atoms with Crippen molar-refractivity contribution in [2.24, 2.45) is 0 Å². The van der Waals surface area contributed by atoms with Crippen molar-refractivity contribution in [2.45, 2.75) is 51.2 Å². The Morgan fingerprint density at radius 2 is 2.06 bits per heavy atom. The third-order valence-corrected chi connectivity index (χ3v) is 3.84. The van der Waals surface area contributed by atoms with Gasteiger partial charge in [0.05, 0.1) is 0 Å². The molecule has 1 heteroatoms. The minimum Gasteiger partial charge on any atom is -0.293 e. The largest absolute Gasteiger partial charge is 0.293 e. The van der Waals surface area contributed by atoms with Crippen molar-refractivity contribution >= 4 is 0 Å². The summed E-state index contributed by atoms with van der Waals surface area (Å²) in [5.41, 5.74) is 1.43. The second-order valence-corrected chi connectivity index (χ2v) is 5.12. The Hall–Kier alpha value is -1.08. The summed E-state index contributed by atoms with van der Waals surface area (Å²) in [5.74, 6) is 0. The van der Waals surface area contributed by atoms with Crippen LogP contribution in [0.25, 0.3) is 0 Å². The lowest BCUT2D eigenvalue weighted by Gasteiger charge is -2.40. The molecule has 0 unspecified atom stereocenters. The first-order valence-corrected chi connectivity index (χ1v) is 6.72. The molecule has 0 aliphatic carbocycles. The lowest BCUT2D eigenvalue weighted by atomic mass is 9.93. The van der Waals surface area contributed by atoms with Gasteiger partial charge in [-0.05, 0) is 31.7 Å². The average Bonchev–Trinajstić information content (AvgIpc) is 2.35. The SMILES string of the molecule is C=CC[C@@H]1CCC[C@@H](C)N1Cc1ccccc1. The molecule has 2 rings (SSSR count). The Morgan fingerprint density at radius 3 is 2.76 bits per heavy atom. The summed E-state index contributed by atoms with van der Waals surface area (Å²) in [6.07, 6.45) is 7.21. The van der Waals surface area contributed by atoms with Gasteiger partial charge in [-0.2, -0.15) is 0 Å². The monoisotopic (exact) mass is 229 g/mol. The highest BCUT2D eigenvalue weighted by molar-refractivity contribution is 5.15. The van der Waals surface area contributed by atoms with Crippen molar-refractivity contribution < 1.29 is 0 Å². The molecular formula is C16H23N. The van der Waals surface area contributed by atoms with Gasteiger partial charge < -0.3 is 0 Å². The van der Waals surface area contributed by atoms with E-state index < -0.39 is 0 Å². The van der Waals surface area contributed by atoms with Crippen molar-refractivity contribution in [3.63, 3.8) is 0 Å². The normalized spacial score (nSPS) is 25.7. The molecule has 0 aromatic heterocycles. The van der Waals surface area contributed by atoms with Gasteiger partial charge in [0, 0.05) is 18.6 Å². The maximum atomic E-state index is 3.89. The van der Waals surface area contributed by atoms with Crippen molar-refractivity contribution in [2.75, 3.05) is 0 Å². The molecule has 92 valence electrons. The third kappa shape index (κ3) is 3.19. The first-order chi connectivity index (χ1) is 8.31. The number of nitrogens with zero attached hydrogens (tertiary/aromatic N) is 1. The van der Waals surface area contributed by atoms with Crippen LogP contribution in [0.2, 0.25) is 0 Å². The van der Waals surface area contributed by atoms with Crippen LogP contribution in [0.3, 0.4) is 0 Å². The van der Waals surface area contributed by atoms with Gasteiger partial charge in [-0.3, -0.25) is 4.90 Å². The summed E-state index contributed by atoms with van der Waals surface area (Å²) in [6, 6.07) is 12.2. The summed E-state index contributed by atoms with van der Waals surface area (Å²) in [5, 5.41) is 0. The number of piperidine rings is 1. The van der Waals surface area contributed by atoms with Gasteiger partial charge in [0.2, 0.25) is 0 Å². The van der Waals surface area contributed by atoms with Gasteiger partial charge in [-0.25, -0.2) is 0 Å². The van der Waals surface area contributed by atoms with Gasteiger partial charge in [0.1, 0.15) is 0 Å². The summed E-state index contributed by atoms with van der Waals surface area (Å²) in [7, 11) is 0. The van der Waals surface area contributed by atoms with Crippen molar-refractivity contribution in [1.82, 2.24) is 4.90 Å². The van der Waals surface area contributed by atoms with Crippen LogP contribution in [0.5, 0.6) is 0 Å². The molecule has 2 atom stereocenters. The lowest BCUT2D eigenvalue weighted by molar-refractivity contribution is 0.0861. The van der Waals surface area contributed by atoms with E-state index in [1.807, 2.05) is 0 Å². The number of rotatable bonds is 4. The van der Waals surface area contributed by atoms with Crippen LogP contribution in [0.4, 0.5) is 0 Å². The van der Waals surface area contributed by atoms with Gasteiger partial charge in [0.25, 0.3) is 0 Å². The van der Waals surface area contributed by atoms with E-state index in [1.54, 1.807) is 0 Å². The van der Waals surface area contributed by atoms with Crippen molar-refractivity contribution in [3.05, 3.63) is 48.6 Å². The third-order valence-electron chi connectivity index (χ3n) is 3.84. The Kier molecular flexibility index (Phi) is 4.38. The quantitative estimate of drug-likeness (QED) is 0.705. The molecule has 1 aromatic carbocycles. The van der Waals surface area contributed by atoms with E-state index in [4.69, 9.17) is 0 Å². The molecule has 1 aliphatic rings. The van der Waals surface area contributed by atoms with Gasteiger partial charge in [-0.1, -0.05) is 42.8 Å². The molecule has 0 saturated carbocycles. The maximum absolute atomic E-state index is 3.89. The van der Waals surface area contributed by atoms with E-state index in [0.717, 1.165) is 13.0 Å². The Bertz CT molecular complexity index is 344. The Balaban J connectivity index is 2.06. The van der Waals surface area contributed by atoms with E-state index in [1.165, 1.54) is 24.8 Å².